The minimum Gasteiger partial charge on any atom is -0.337 e. The zero-order valence-electron chi connectivity index (χ0n) is 8.32. The SMILES string of the molecule is NC1CCN(C(=O)c2ccccc2F)C1. The molecule has 0 aliphatic carbocycles. The quantitative estimate of drug-likeness (QED) is 0.748. The molecule has 0 aromatic heterocycles. The van der Waals surface area contributed by atoms with Crippen LogP contribution in [-0.4, -0.2) is 29.9 Å². The summed E-state index contributed by atoms with van der Waals surface area (Å²) in [6.07, 6.45) is 0.792. The van der Waals surface area contributed by atoms with Crippen molar-refractivity contribution in [1.29, 1.82) is 0 Å². The average molecular weight is 208 g/mol. The Hall–Kier alpha value is -1.42. The second-order valence-electron chi connectivity index (χ2n) is 3.78. The summed E-state index contributed by atoms with van der Waals surface area (Å²) in [6, 6.07) is 6.06. The number of nitrogens with two attached hydrogens (primary N) is 1. The van der Waals surface area contributed by atoms with Crippen molar-refractivity contribution >= 4 is 5.91 Å². The van der Waals surface area contributed by atoms with E-state index in [-0.39, 0.29) is 17.5 Å². The molecule has 15 heavy (non-hydrogen) atoms. The minimum absolute atomic E-state index is 0.0284. The Bertz CT molecular complexity index is 381. The smallest absolute Gasteiger partial charge is 0.256 e. The molecule has 1 amide bonds. The van der Waals surface area contributed by atoms with Gasteiger partial charge in [-0.25, -0.2) is 4.39 Å². The van der Waals surface area contributed by atoms with Gasteiger partial charge in [0.2, 0.25) is 0 Å². The predicted molar refractivity (Wildman–Crippen MR) is 54.9 cm³/mol. The van der Waals surface area contributed by atoms with E-state index in [2.05, 4.69) is 0 Å². The van der Waals surface area contributed by atoms with Gasteiger partial charge >= 0.3 is 0 Å². The van der Waals surface area contributed by atoms with Crippen molar-refractivity contribution in [1.82, 2.24) is 4.90 Å². The van der Waals surface area contributed by atoms with Gasteiger partial charge < -0.3 is 10.6 Å². The maximum absolute atomic E-state index is 13.3. The summed E-state index contributed by atoms with van der Waals surface area (Å²) < 4.78 is 13.3. The van der Waals surface area contributed by atoms with Crippen LogP contribution in [0.15, 0.2) is 24.3 Å². The number of carbonyl (C=O) groups is 1. The molecule has 1 fully saturated rings. The van der Waals surface area contributed by atoms with Crippen molar-refractivity contribution in [3.8, 4) is 0 Å². The van der Waals surface area contributed by atoms with E-state index in [9.17, 15) is 9.18 Å². The molecule has 3 nitrogen and oxygen atoms in total. The van der Waals surface area contributed by atoms with Crippen molar-refractivity contribution in [2.45, 2.75) is 12.5 Å². The van der Waals surface area contributed by atoms with Gasteiger partial charge in [-0.2, -0.15) is 0 Å². The molecule has 1 heterocycles. The highest BCUT2D eigenvalue weighted by Gasteiger charge is 2.25. The Labute approximate surface area is 87.7 Å². The van der Waals surface area contributed by atoms with Crippen LogP contribution >= 0.6 is 0 Å². The Balaban J connectivity index is 2.18. The Kier molecular flexibility index (Phi) is 2.68. The highest BCUT2D eigenvalue weighted by molar-refractivity contribution is 5.94. The second kappa shape index (κ2) is 3.98. The molecule has 2 N–H and O–H groups in total. The van der Waals surface area contributed by atoms with Crippen LogP contribution in [-0.2, 0) is 0 Å². The predicted octanol–water partition coefficient (Wildman–Crippen LogP) is 0.999. The van der Waals surface area contributed by atoms with Crippen LogP contribution in [0.2, 0.25) is 0 Å². The fraction of sp³-hybridized carbons (Fsp3) is 0.364. The van der Waals surface area contributed by atoms with E-state index >= 15 is 0 Å². The number of rotatable bonds is 1. The summed E-state index contributed by atoms with van der Waals surface area (Å²) in [7, 11) is 0. The van der Waals surface area contributed by atoms with Crippen LogP contribution in [0.4, 0.5) is 4.39 Å². The first-order valence-electron chi connectivity index (χ1n) is 4.98. The van der Waals surface area contributed by atoms with E-state index in [1.54, 1.807) is 17.0 Å². The van der Waals surface area contributed by atoms with Gasteiger partial charge in [-0.05, 0) is 18.6 Å². The van der Waals surface area contributed by atoms with Crippen molar-refractivity contribution in [2.24, 2.45) is 5.73 Å². The van der Waals surface area contributed by atoms with Crippen molar-refractivity contribution in [2.75, 3.05) is 13.1 Å². The fourth-order valence-corrected chi connectivity index (χ4v) is 1.78. The summed E-state index contributed by atoms with van der Waals surface area (Å²) in [5.74, 6) is -0.732. The molecule has 1 saturated heterocycles. The summed E-state index contributed by atoms with van der Waals surface area (Å²) in [5, 5.41) is 0. The molecule has 0 spiro atoms. The third-order valence-corrected chi connectivity index (χ3v) is 2.62. The van der Waals surface area contributed by atoms with Gasteiger partial charge in [0.15, 0.2) is 0 Å². The Morgan fingerprint density at radius 2 is 2.20 bits per heavy atom. The average Bonchev–Trinajstić information content (AvgIpc) is 2.65. The minimum atomic E-state index is -0.469. The van der Waals surface area contributed by atoms with Gasteiger partial charge in [0.1, 0.15) is 5.82 Å². The summed E-state index contributed by atoms with van der Waals surface area (Å²) in [5.41, 5.74) is 5.82. The number of nitrogens with zero attached hydrogens (tertiary/aromatic N) is 1. The lowest BCUT2D eigenvalue weighted by Gasteiger charge is -2.15. The molecule has 1 aliphatic rings. The Morgan fingerprint density at radius 1 is 1.47 bits per heavy atom. The molecule has 1 unspecified atom stereocenters. The Morgan fingerprint density at radius 3 is 2.80 bits per heavy atom. The zero-order valence-corrected chi connectivity index (χ0v) is 8.32. The molecule has 0 bridgehead atoms. The molecule has 4 heteroatoms. The topological polar surface area (TPSA) is 46.3 Å². The standard InChI is InChI=1S/C11H13FN2O/c12-10-4-2-1-3-9(10)11(15)14-6-5-8(13)7-14/h1-4,8H,5-7,13H2. The van der Waals surface area contributed by atoms with Gasteiger partial charge in [-0.1, -0.05) is 12.1 Å². The number of carbonyl (C=O) groups excluding carboxylic acids is 1. The largest absolute Gasteiger partial charge is 0.337 e. The third kappa shape index (κ3) is 1.99. The van der Waals surface area contributed by atoms with E-state index in [4.69, 9.17) is 5.73 Å². The molecule has 0 saturated carbocycles. The van der Waals surface area contributed by atoms with E-state index in [0.717, 1.165) is 6.42 Å². The lowest BCUT2D eigenvalue weighted by molar-refractivity contribution is 0.0786. The molecule has 0 radical (unpaired) electrons. The number of halogens is 1. The maximum atomic E-state index is 13.3. The van der Waals surface area contributed by atoms with Crippen LogP contribution < -0.4 is 5.73 Å². The van der Waals surface area contributed by atoms with Gasteiger partial charge in [-0.15, -0.1) is 0 Å². The van der Waals surface area contributed by atoms with Gasteiger partial charge in [0, 0.05) is 19.1 Å². The zero-order chi connectivity index (χ0) is 10.8. The first-order valence-corrected chi connectivity index (χ1v) is 4.98. The van der Waals surface area contributed by atoms with E-state index < -0.39 is 5.82 Å². The summed E-state index contributed by atoms with van der Waals surface area (Å²) in [6.45, 7) is 1.14. The fourth-order valence-electron chi connectivity index (χ4n) is 1.78. The lowest BCUT2D eigenvalue weighted by Crippen LogP contribution is -2.32. The molecule has 2 rings (SSSR count). The van der Waals surface area contributed by atoms with Gasteiger partial charge in [0.05, 0.1) is 5.56 Å². The summed E-state index contributed by atoms with van der Waals surface area (Å²) >= 11 is 0. The number of likely N-dealkylation sites (tertiary alicyclic amines) is 1. The lowest BCUT2D eigenvalue weighted by atomic mass is 10.2. The number of hydrogen-bond acceptors (Lipinski definition) is 2. The normalized spacial score (nSPS) is 20.7. The second-order valence-corrected chi connectivity index (χ2v) is 3.78. The molecule has 1 aliphatic heterocycles. The summed E-state index contributed by atoms with van der Waals surface area (Å²) in [4.78, 5) is 13.4. The van der Waals surface area contributed by atoms with E-state index in [0.29, 0.717) is 13.1 Å². The van der Waals surface area contributed by atoms with Crippen molar-refractivity contribution < 1.29 is 9.18 Å². The highest BCUT2D eigenvalue weighted by atomic mass is 19.1. The molecule has 1 aromatic carbocycles. The van der Waals surface area contributed by atoms with E-state index in [1.165, 1.54) is 12.1 Å². The molecular weight excluding hydrogens is 195 g/mol. The van der Waals surface area contributed by atoms with Crippen molar-refractivity contribution in [3.05, 3.63) is 35.6 Å². The number of benzene rings is 1. The first-order chi connectivity index (χ1) is 7.18. The van der Waals surface area contributed by atoms with Crippen molar-refractivity contribution in [3.63, 3.8) is 0 Å². The molecule has 80 valence electrons. The monoisotopic (exact) mass is 208 g/mol. The number of hydrogen-bond donors (Lipinski definition) is 1. The van der Waals surface area contributed by atoms with Crippen LogP contribution in [0.25, 0.3) is 0 Å². The van der Waals surface area contributed by atoms with Gasteiger partial charge in [0.25, 0.3) is 5.91 Å². The molecule has 1 atom stereocenters. The first kappa shape index (κ1) is 10.1. The highest BCUT2D eigenvalue weighted by Crippen LogP contribution is 2.14. The van der Waals surface area contributed by atoms with Gasteiger partial charge in [-0.3, -0.25) is 4.79 Å². The van der Waals surface area contributed by atoms with Crippen LogP contribution in [0.3, 0.4) is 0 Å². The van der Waals surface area contributed by atoms with Crippen LogP contribution in [0, 0.1) is 5.82 Å². The van der Waals surface area contributed by atoms with Crippen LogP contribution in [0.1, 0.15) is 16.8 Å². The van der Waals surface area contributed by atoms with Crippen LogP contribution in [0.5, 0.6) is 0 Å². The third-order valence-electron chi connectivity index (χ3n) is 2.62. The maximum Gasteiger partial charge on any atom is 0.256 e. The number of amides is 1. The van der Waals surface area contributed by atoms with E-state index in [1.807, 2.05) is 0 Å². The molecule has 1 aromatic rings. The molecular formula is C11H13FN2O.